The zero-order chi connectivity index (χ0) is 34.9. The highest BCUT2D eigenvalue weighted by atomic mass is 32.1. The van der Waals surface area contributed by atoms with Gasteiger partial charge in [0.05, 0.1) is 16.8 Å². The van der Waals surface area contributed by atoms with Crippen LogP contribution in [0.15, 0.2) is 192 Å². The predicted octanol–water partition coefficient (Wildman–Crippen LogP) is 15.1. The Morgan fingerprint density at radius 3 is 1.98 bits per heavy atom. The van der Waals surface area contributed by atoms with E-state index in [1.165, 1.54) is 52.8 Å². The van der Waals surface area contributed by atoms with Crippen molar-refractivity contribution >= 4 is 92.1 Å². The zero-order valence-corrected chi connectivity index (χ0v) is 29.5. The molecule has 3 heteroatoms. The van der Waals surface area contributed by atoms with Crippen molar-refractivity contribution in [3.63, 3.8) is 0 Å². The lowest BCUT2D eigenvalue weighted by molar-refractivity contribution is 0.670. The molecule has 0 spiro atoms. The van der Waals surface area contributed by atoms with Gasteiger partial charge < -0.3 is 9.32 Å². The molecule has 0 aliphatic rings. The molecule has 11 rings (SSSR count). The monoisotopic (exact) mass is 693 g/mol. The normalized spacial score (nSPS) is 11.8. The zero-order valence-electron chi connectivity index (χ0n) is 28.7. The van der Waals surface area contributed by atoms with Gasteiger partial charge >= 0.3 is 0 Å². The molecule has 0 aliphatic heterocycles. The lowest BCUT2D eigenvalue weighted by atomic mass is 9.96. The first-order valence-corrected chi connectivity index (χ1v) is 18.8. The Morgan fingerprint density at radius 1 is 0.396 bits per heavy atom. The van der Waals surface area contributed by atoms with Crippen molar-refractivity contribution in [3.8, 4) is 22.3 Å². The van der Waals surface area contributed by atoms with Crippen LogP contribution < -0.4 is 4.90 Å². The minimum Gasteiger partial charge on any atom is -0.455 e. The summed E-state index contributed by atoms with van der Waals surface area (Å²) in [6, 6.07) is 68.0. The Labute approximate surface area is 310 Å². The summed E-state index contributed by atoms with van der Waals surface area (Å²) in [5.41, 5.74) is 9.66. The summed E-state index contributed by atoms with van der Waals surface area (Å²) in [5, 5.41) is 9.66. The van der Waals surface area contributed by atoms with Gasteiger partial charge in [-0.15, -0.1) is 11.3 Å². The highest BCUT2D eigenvalue weighted by Crippen LogP contribution is 2.49. The predicted molar refractivity (Wildman–Crippen MR) is 227 cm³/mol. The first kappa shape index (κ1) is 30.0. The number of para-hydroxylation sites is 1. The van der Waals surface area contributed by atoms with E-state index in [2.05, 4.69) is 193 Å². The highest BCUT2D eigenvalue weighted by molar-refractivity contribution is 7.25. The number of fused-ring (bicyclic) bond motifs is 9. The Morgan fingerprint density at radius 2 is 1.09 bits per heavy atom. The fourth-order valence-corrected chi connectivity index (χ4v) is 9.26. The third kappa shape index (κ3) is 4.78. The summed E-state index contributed by atoms with van der Waals surface area (Å²) in [6.07, 6.45) is 0. The first-order valence-electron chi connectivity index (χ1n) is 18.0. The molecule has 0 N–H and O–H groups in total. The van der Waals surface area contributed by atoms with Gasteiger partial charge in [0.25, 0.3) is 0 Å². The highest BCUT2D eigenvalue weighted by Gasteiger charge is 2.24. The van der Waals surface area contributed by atoms with E-state index >= 15 is 0 Å². The fraction of sp³-hybridized carbons (Fsp3) is 0. The smallest absolute Gasteiger partial charge is 0.145 e. The van der Waals surface area contributed by atoms with Gasteiger partial charge in [0.1, 0.15) is 11.2 Å². The summed E-state index contributed by atoms with van der Waals surface area (Å²) in [6.45, 7) is 0. The van der Waals surface area contributed by atoms with Gasteiger partial charge in [0, 0.05) is 42.2 Å². The number of benzene rings is 9. The summed E-state index contributed by atoms with van der Waals surface area (Å²) in [4.78, 5) is 2.45. The van der Waals surface area contributed by atoms with Gasteiger partial charge in [0.2, 0.25) is 0 Å². The molecule has 0 unspecified atom stereocenters. The number of rotatable bonds is 5. The average Bonchev–Trinajstić information content (AvgIpc) is 3.80. The molecule has 2 aromatic heterocycles. The van der Waals surface area contributed by atoms with Gasteiger partial charge in [-0.3, -0.25) is 0 Å². The van der Waals surface area contributed by atoms with E-state index in [0.717, 1.165) is 50.1 Å². The number of hydrogen-bond donors (Lipinski definition) is 0. The average molecular weight is 694 g/mol. The summed E-state index contributed by atoms with van der Waals surface area (Å²) in [5.74, 6) is 0. The van der Waals surface area contributed by atoms with Crippen LogP contribution >= 0.6 is 11.3 Å². The maximum absolute atomic E-state index is 6.85. The Hall–Kier alpha value is -6.68. The lowest BCUT2D eigenvalue weighted by Crippen LogP contribution is -2.11. The third-order valence-corrected chi connectivity index (χ3v) is 11.8. The topological polar surface area (TPSA) is 16.4 Å². The number of thiophene rings is 1. The standard InChI is InChI=1S/C50H31NOS/c1-2-11-32(12-3-1)33-21-23-35(24-22-33)38-28-29-45(49-42-16-6-8-19-46(42)52-50(38)49)51(36-26-30-48-43(31-36)41-15-7-9-20-47(41)53-48)44-18-10-17-39-37-14-5-4-13-34(37)25-27-40(39)44/h1-31H. The van der Waals surface area contributed by atoms with Gasteiger partial charge in [-0.1, -0.05) is 140 Å². The molecule has 0 fully saturated rings. The van der Waals surface area contributed by atoms with Crippen LogP contribution in [-0.4, -0.2) is 0 Å². The van der Waals surface area contributed by atoms with E-state index in [1.807, 2.05) is 11.3 Å². The number of hydrogen-bond acceptors (Lipinski definition) is 3. The van der Waals surface area contributed by atoms with Crippen LogP contribution in [-0.2, 0) is 0 Å². The number of furan rings is 1. The molecular formula is C50H31NOS. The maximum Gasteiger partial charge on any atom is 0.145 e. The van der Waals surface area contributed by atoms with E-state index in [4.69, 9.17) is 4.42 Å². The molecule has 0 amide bonds. The van der Waals surface area contributed by atoms with E-state index in [1.54, 1.807) is 0 Å². The number of nitrogens with zero attached hydrogens (tertiary/aromatic N) is 1. The number of anilines is 3. The van der Waals surface area contributed by atoms with Crippen molar-refractivity contribution in [2.75, 3.05) is 4.90 Å². The first-order chi connectivity index (χ1) is 26.3. The van der Waals surface area contributed by atoms with Crippen molar-refractivity contribution in [1.82, 2.24) is 0 Å². The second-order valence-corrected chi connectivity index (χ2v) is 14.7. The summed E-state index contributed by atoms with van der Waals surface area (Å²) in [7, 11) is 0. The van der Waals surface area contributed by atoms with Crippen molar-refractivity contribution in [2.24, 2.45) is 0 Å². The maximum atomic E-state index is 6.85. The molecule has 0 aliphatic carbocycles. The third-order valence-electron chi connectivity index (χ3n) is 10.7. The molecule has 11 aromatic rings. The van der Waals surface area contributed by atoms with Crippen LogP contribution in [0.5, 0.6) is 0 Å². The second kappa shape index (κ2) is 11.9. The fourth-order valence-electron chi connectivity index (χ4n) is 8.18. The molecular weight excluding hydrogens is 663 g/mol. The van der Waals surface area contributed by atoms with Crippen molar-refractivity contribution in [3.05, 3.63) is 188 Å². The molecule has 0 atom stereocenters. The molecule has 0 saturated heterocycles. The van der Waals surface area contributed by atoms with E-state index in [9.17, 15) is 0 Å². The van der Waals surface area contributed by atoms with Crippen LogP contribution in [0, 0.1) is 0 Å². The van der Waals surface area contributed by atoms with Gasteiger partial charge in [0.15, 0.2) is 0 Å². The van der Waals surface area contributed by atoms with Gasteiger partial charge in [-0.25, -0.2) is 0 Å². The Kier molecular flexibility index (Phi) is 6.76. The molecule has 53 heavy (non-hydrogen) atoms. The summed E-state index contributed by atoms with van der Waals surface area (Å²) < 4.78 is 9.44. The Balaban J connectivity index is 1.20. The van der Waals surface area contributed by atoms with Crippen LogP contribution in [0.3, 0.4) is 0 Å². The molecule has 0 bridgehead atoms. The molecule has 2 heterocycles. The van der Waals surface area contributed by atoms with Crippen LogP contribution in [0.25, 0.3) is 85.9 Å². The minimum absolute atomic E-state index is 0.875. The van der Waals surface area contributed by atoms with Crippen LogP contribution in [0.4, 0.5) is 17.1 Å². The van der Waals surface area contributed by atoms with Gasteiger partial charge in [-0.2, -0.15) is 0 Å². The molecule has 9 aromatic carbocycles. The Bertz CT molecular complexity index is 3170. The van der Waals surface area contributed by atoms with E-state index in [0.29, 0.717) is 0 Å². The molecule has 0 saturated carbocycles. The molecule has 2 nitrogen and oxygen atoms in total. The van der Waals surface area contributed by atoms with Crippen molar-refractivity contribution in [2.45, 2.75) is 0 Å². The van der Waals surface area contributed by atoms with Crippen molar-refractivity contribution in [1.29, 1.82) is 0 Å². The van der Waals surface area contributed by atoms with E-state index < -0.39 is 0 Å². The lowest BCUT2D eigenvalue weighted by Gasteiger charge is -2.28. The minimum atomic E-state index is 0.875. The van der Waals surface area contributed by atoms with Crippen molar-refractivity contribution < 1.29 is 4.42 Å². The SMILES string of the molecule is c1ccc(-c2ccc(-c3ccc(N(c4ccc5sc6ccccc6c5c4)c4cccc5c4ccc4ccccc45)c4c3oc3ccccc34)cc2)cc1. The quantitative estimate of drug-likeness (QED) is 0.167. The largest absolute Gasteiger partial charge is 0.455 e. The van der Waals surface area contributed by atoms with Crippen LogP contribution in [0.1, 0.15) is 0 Å². The van der Waals surface area contributed by atoms with Crippen LogP contribution in [0.2, 0.25) is 0 Å². The van der Waals surface area contributed by atoms with E-state index in [-0.39, 0.29) is 0 Å². The van der Waals surface area contributed by atoms with Gasteiger partial charge in [-0.05, 0) is 81.4 Å². The molecule has 0 radical (unpaired) electrons. The second-order valence-electron chi connectivity index (χ2n) is 13.7. The summed E-state index contributed by atoms with van der Waals surface area (Å²) >= 11 is 1.85. The molecule has 248 valence electrons.